The summed E-state index contributed by atoms with van der Waals surface area (Å²) in [6.45, 7) is 0. The maximum atomic E-state index is 11.7. The minimum atomic E-state index is -0.228. The van der Waals surface area contributed by atoms with Crippen LogP contribution in [0, 0.1) is 5.92 Å². The van der Waals surface area contributed by atoms with E-state index in [4.69, 9.17) is 5.73 Å². The van der Waals surface area contributed by atoms with Crippen LogP contribution in [0.2, 0.25) is 0 Å². The maximum Gasteiger partial charge on any atom is 0.270 e. The molecule has 92 valence electrons. The molecule has 0 saturated heterocycles. The second-order valence-corrected chi connectivity index (χ2v) is 5.02. The first-order valence-corrected chi connectivity index (χ1v) is 6.59. The highest BCUT2D eigenvalue weighted by Crippen LogP contribution is 2.24. The first-order chi connectivity index (χ1) is 8.16. The van der Waals surface area contributed by atoms with E-state index in [2.05, 4.69) is 10.3 Å². The van der Waals surface area contributed by atoms with Crippen molar-refractivity contribution in [2.24, 2.45) is 11.7 Å². The molecule has 0 spiro atoms. The van der Waals surface area contributed by atoms with Crippen molar-refractivity contribution in [3.8, 4) is 0 Å². The van der Waals surface area contributed by atoms with E-state index in [0.29, 0.717) is 5.69 Å². The number of thiazole rings is 1. The van der Waals surface area contributed by atoms with Crippen LogP contribution in [0.15, 0.2) is 10.9 Å². The number of hydrogen-bond acceptors (Lipinski definition) is 4. The molecule has 0 radical (unpaired) electrons. The highest BCUT2D eigenvalue weighted by molar-refractivity contribution is 7.07. The van der Waals surface area contributed by atoms with Crippen molar-refractivity contribution in [1.29, 1.82) is 0 Å². The second-order valence-electron chi connectivity index (χ2n) is 4.30. The van der Waals surface area contributed by atoms with Gasteiger partial charge in [-0.25, -0.2) is 4.98 Å². The molecule has 0 aromatic carbocycles. The van der Waals surface area contributed by atoms with E-state index in [9.17, 15) is 9.59 Å². The van der Waals surface area contributed by atoms with Crippen molar-refractivity contribution >= 4 is 23.2 Å². The molecular weight excluding hydrogens is 238 g/mol. The molecule has 1 heterocycles. The van der Waals surface area contributed by atoms with E-state index < -0.39 is 0 Å². The average molecular weight is 253 g/mol. The quantitative estimate of drug-likeness (QED) is 0.840. The number of nitrogens with zero attached hydrogens (tertiary/aromatic N) is 1. The molecular formula is C11H15N3O2S. The van der Waals surface area contributed by atoms with Gasteiger partial charge >= 0.3 is 0 Å². The van der Waals surface area contributed by atoms with E-state index >= 15 is 0 Å². The highest BCUT2D eigenvalue weighted by Gasteiger charge is 2.25. The number of hydrogen-bond donors (Lipinski definition) is 2. The van der Waals surface area contributed by atoms with Crippen molar-refractivity contribution in [3.63, 3.8) is 0 Å². The zero-order chi connectivity index (χ0) is 12.3. The zero-order valence-corrected chi connectivity index (χ0v) is 10.2. The predicted octanol–water partition coefficient (Wildman–Crippen LogP) is 0.917. The van der Waals surface area contributed by atoms with Gasteiger partial charge in [0.2, 0.25) is 5.91 Å². The van der Waals surface area contributed by atoms with Crippen molar-refractivity contribution in [2.75, 3.05) is 0 Å². The van der Waals surface area contributed by atoms with Gasteiger partial charge in [0.05, 0.1) is 5.51 Å². The molecule has 1 saturated carbocycles. The lowest BCUT2D eigenvalue weighted by Gasteiger charge is -2.27. The smallest absolute Gasteiger partial charge is 0.270 e. The summed E-state index contributed by atoms with van der Waals surface area (Å²) in [6, 6.07) is 0.139. The minimum absolute atomic E-state index is 0.0255. The van der Waals surface area contributed by atoms with Crippen LogP contribution in [0.5, 0.6) is 0 Å². The molecule has 3 N–H and O–H groups in total. The summed E-state index contributed by atoms with van der Waals surface area (Å²) < 4.78 is 0. The van der Waals surface area contributed by atoms with Gasteiger partial charge in [0.25, 0.3) is 5.91 Å². The summed E-state index contributed by atoms with van der Waals surface area (Å²) in [5, 5.41) is 4.66. The summed E-state index contributed by atoms with van der Waals surface area (Å²) in [6.07, 6.45) is 3.14. The third-order valence-corrected chi connectivity index (χ3v) is 3.72. The lowest BCUT2D eigenvalue weighted by Crippen LogP contribution is -2.39. The molecule has 0 bridgehead atoms. The van der Waals surface area contributed by atoms with Gasteiger partial charge in [0, 0.05) is 17.3 Å². The molecule has 0 aliphatic heterocycles. The van der Waals surface area contributed by atoms with Crippen LogP contribution in [0.3, 0.4) is 0 Å². The van der Waals surface area contributed by atoms with Crippen molar-refractivity contribution in [2.45, 2.75) is 31.7 Å². The largest absolute Gasteiger partial charge is 0.369 e. The number of rotatable bonds is 3. The molecule has 5 nitrogen and oxygen atoms in total. The van der Waals surface area contributed by atoms with Crippen molar-refractivity contribution < 1.29 is 9.59 Å². The van der Waals surface area contributed by atoms with Gasteiger partial charge < -0.3 is 11.1 Å². The Morgan fingerprint density at radius 1 is 1.35 bits per heavy atom. The Hall–Kier alpha value is -1.43. The van der Waals surface area contributed by atoms with Gasteiger partial charge in [-0.05, 0) is 25.7 Å². The van der Waals surface area contributed by atoms with Crippen LogP contribution in [-0.2, 0) is 4.79 Å². The van der Waals surface area contributed by atoms with Gasteiger partial charge in [-0.2, -0.15) is 0 Å². The molecule has 1 aliphatic carbocycles. The Labute approximate surface area is 103 Å². The highest BCUT2D eigenvalue weighted by atomic mass is 32.1. The van der Waals surface area contributed by atoms with E-state index in [1.54, 1.807) is 10.9 Å². The molecule has 0 atom stereocenters. The lowest BCUT2D eigenvalue weighted by atomic mass is 9.85. The fourth-order valence-corrected chi connectivity index (χ4v) is 2.64. The standard InChI is InChI=1S/C11H15N3O2S/c12-10(15)7-1-3-8(4-2-7)14-11(16)9-5-17-6-13-9/h5-8H,1-4H2,(H2,12,15)(H,14,16). The molecule has 0 unspecified atom stereocenters. The number of carbonyl (C=O) groups excluding carboxylic acids is 2. The molecule has 1 fully saturated rings. The average Bonchev–Trinajstić information content (AvgIpc) is 2.83. The Balaban J connectivity index is 1.82. The number of amides is 2. The van der Waals surface area contributed by atoms with Crippen LogP contribution in [0.1, 0.15) is 36.2 Å². The summed E-state index contributed by atoms with van der Waals surface area (Å²) in [5.41, 5.74) is 7.36. The SMILES string of the molecule is NC(=O)C1CCC(NC(=O)c2cscn2)CC1. The van der Waals surface area contributed by atoms with Crippen LogP contribution in [-0.4, -0.2) is 22.8 Å². The summed E-state index contributed by atoms with van der Waals surface area (Å²) >= 11 is 1.40. The molecule has 2 rings (SSSR count). The maximum absolute atomic E-state index is 11.7. The normalized spacial score (nSPS) is 24.2. The van der Waals surface area contributed by atoms with Crippen LogP contribution in [0.4, 0.5) is 0 Å². The van der Waals surface area contributed by atoms with Crippen LogP contribution in [0.25, 0.3) is 0 Å². The van der Waals surface area contributed by atoms with Crippen molar-refractivity contribution in [3.05, 3.63) is 16.6 Å². The molecule has 1 aliphatic rings. The number of aromatic nitrogens is 1. The van der Waals surface area contributed by atoms with Gasteiger partial charge in [-0.1, -0.05) is 0 Å². The van der Waals surface area contributed by atoms with E-state index in [1.807, 2.05) is 0 Å². The Morgan fingerprint density at radius 3 is 2.59 bits per heavy atom. The summed E-state index contributed by atoms with van der Waals surface area (Å²) in [5.74, 6) is -0.384. The lowest BCUT2D eigenvalue weighted by molar-refractivity contribution is -0.122. The number of nitrogens with one attached hydrogen (secondary N) is 1. The summed E-state index contributed by atoms with van der Waals surface area (Å²) in [4.78, 5) is 26.7. The van der Waals surface area contributed by atoms with Gasteiger partial charge in [0.15, 0.2) is 0 Å². The fourth-order valence-electron chi connectivity index (χ4n) is 2.11. The van der Waals surface area contributed by atoms with Gasteiger partial charge in [-0.15, -0.1) is 11.3 Å². The fraction of sp³-hybridized carbons (Fsp3) is 0.545. The van der Waals surface area contributed by atoms with Gasteiger partial charge in [0.1, 0.15) is 5.69 Å². The predicted molar refractivity (Wildman–Crippen MR) is 64.5 cm³/mol. The molecule has 1 aromatic heterocycles. The molecule has 17 heavy (non-hydrogen) atoms. The number of carbonyl (C=O) groups is 2. The van der Waals surface area contributed by atoms with E-state index in [1.165, 1.54) is 11.3 Å². The van der Waals surface area contributed by atoms with Crippen LogP contribution < -0.4 is 11.1 Å². The first-order valence-electron chi connectivity index (χ1n) is 5.65. The topological polar surface area (TPSA) is 85.1 Å². The third kappa shape index (κ3) is 3.03. The van der Waals surface area contributed by atoms with E-state index in [0.717, 1.165) is 25.7 Å². The Bertz CT molecular complexity index is 397. The minimum Gasteiger partial charge on any atom is -0.369 e. The molecule has 2 amide bonds. The van der Waals surface area contributed by atoms with Gasteiger partial charge in [-0.3, -0.25) is 9.59 Å². The third-order valence-electron chi connectivity index (χ3n) is 3.13. The van der Waals surface area contributed by atoms with E-state index in [-0.39, 0.29) is 23.8 Å². The summed E-state index contributed by atoms with van der Waals surface area (Å²) in [7, 11) is 0. The number of nitrogens with two attached hydrogens (primary N) is 1. The number of primary amides is 1. The zero-order valence-electron chi connectivity index (χ0n) is 9.39. The Morgan fingerprint density at radius 2 is 2.06 bits per heavy atom. The molecule has 1 aromatic rings. The van der Waals surface area contributed by atoms with Crippen molar-refractivity contribution in [1.82, 2.24) is 10.3 Å². The first kappa shape index (κ1) is 12.0. The second kappa shape index (κ2) is 5.27. The van der Waals surface area contributed by atoms with Crippen LogP contribution >= 0.6 is 11.3 Å². The molecule has 6 heteroatoms. The monoisotopic (exact) mass is 253 g/mol. The Kier molecular flexibility index (Phi) is 3.73.